The lowest BCUT2D eigenvalue weighted by Crippen LogP contribution is -2.36. The van der Waals surface area contributed by atoms with Gasteiger partial charge in [-0.15, -0.1) is 0 Å². The first kappa shape index (κ1) is 15.3. The molecule has 2 atom stereocenters. The van der Waals surface area contributed by atoms with Gasteiger partial charge in [-0.25, -0.2) is 0 Å². The van der Waals surface area contributed by atoms with Gasteiger partial charge in [0.1, 0.15) is 5.75 Å². The summed E-state index contributed by atoms with van der Waals surface area (Å²) in [6, 6.07) is 5.70. The molecule has 0 saturated carbocycles. The van der Waals surface area contributed by atoms with Gasteiger partial charge in [0.2, 0.25) is 0 Å². The molecular formula is C14H22ClNO2. The smallest absolute Gasteiger partial charge is 0.137 e. The highest BCUT2D eigenvalue weighted by Crippen LogP contribution is 2.29. The Morgan fingerprint density at radius 3 is 2.50 bits per heavy atom. The third-order valence-corrected chi connectivity index (χ3v) is 2.96. The lowest BCUT2D eigenvalue weighted by molar-refractivity contribution is 0.131. The van der Waals surface area contributed by atoms with Gasteiger partial charge in [-0.2, -0.15) is 0 Å². The number of halogens is 1. The van der Waals surface area contributed by atoms with E-state index in [2.05, 4.69) is 5.32 Å². The third-order valence-electron chi connectivity index (χ3n) is 2.67. The quantitative estimate of drug-likeness (QED) is 0.835. The highest BCUT2D eigenvalue weighted by atomic mass is 35.5. The SMILES string of the molecule is CCOc1ccc(C(O)C(C)NC(C)C)cc1Cl. The standard InChI is InChI=1S/C14H22ClNO2/c1-5-18-13-7-6-11(8-12(13)15)14(17)10(4)16-9(2)3/h6-10,14,16-17H,5H2,1-4H3. The molecule has 2 N–H and O–H groups in total. The molecule has 0 aliphatic heterocycles. The highest BCUT2D eigenvalue weighted by molar-refractivity contribution is 6.32. The molecule has 4 heteroatoms. The maximum absolute atomic E-state index is 10.2. The molecule has 0 fully saturated rings. The van der Waals surface area contributed by atoms with Crippen LogP contribution in [0.1, 0.15) is 39.4 Å². The number of aliphatic hydroxyl groups excluding tert-OH is 1. The number of nitrogens with one attached hydrogen (secondary N) is 1. The third kappa shape index (κ3) is 4.16. The Hall–Kier alpha value is -0.770. The van der Waals surface area contributed by atoms with Crippen LogP contribution in [0.4, 0.5) is 0 Å². The number of ether oxygens (including phenoxy) is 1. The van der Waals surface area contributed by atoms with E-state index in [9.17, 15) is 5.11 Å². The zero-order valence-corrected chi connectivity index (χ0v) is 12.2. The topological polar surface area (TPSA) is 41.5 Å². The molecule has 0 saturated heterocycles. The normalized spacial score (nSPS) is 14.6. The van der Waals surface area contributed by atoms with Crippen molar-refractivity contribution in [3.8, 4) is 5.75 Å². The molecular weight excluding hydrogens is 250 g/mol. The summed E-state index contributed by atoms with van der Waals surface area (Å²) in [6.07, 6.45) is -0.583. The largest absolute Gasteiger partial charge is 0.492 e. The van der Waals surface area contributed by atoms with E-state index < -0.39 is 6.10 Å². The lowest BCUT2D eigenvalue weighted by atomic mass is 10.0. The van der Waals surface area contributed by atoms with E-state index in [1.807, 2.05) is 33.8 Å². The van der Waals surface area contributed by atoms with E-state index >= 15 is 0 Å². The van der Waals surface area contributed by atoms with Gasteiger partial charge < -0.3 is 15.2 Å². The number of aliphatic hydroxyl groups is 1. The maximum Gasteiger partial charge on any atom is 0.137 e. The Bertz CT molecular complexity index is 382. The van der Waals surface area contributed by atoms with Crippen molar-refractivity contribution in [1.82, 2.24) is 5.32 Å². The van der Waals surface area contributed by atoms with Gasteiger partial charge in [0.05, 0.1) is 17.7 Å². The van der Waals surface area contributed by atoms with Gasteiger partial charge in [0.15, 0.2) is 0 Å². The number of hydrogen-bond donors (Lipinski definition) is 2. The molecule has 3 nitrogen and oxygen atoms in total. The first-order valence-corrected chi connectivity index (χ1v) is 6.69. The summed E-state index contributed by atoms with van der Waals surface area (Å²) in [7, 11) is 0. The van der Waals surface area contributed by atoms with Crippen molar-refractivity contribution in [2.45, 2.75) is 45.9 Å². The fraction of sp³-hybridized carbons (Fsp3) is 0.571. The minimum atomic E-state index is -0.583. The summed E-state index contributed by atoms with van der Waals surface area (Å²) in [5, 5.41) is 14.0. The summed E-state index contributed by atoms with van der Waals surface area (Å²) < 4.78 is 5.37. The maximum atomic E-state index is 10.2. The fourth-order valence-electron chi connectivity index (χ4n) is 1.88. The van der Waals surface area contributed by atoms with E-state index in [1.165, 1.54) is 0 Å². The molecule has 1 aromatic rings. The Labute approximate surface area is 114 Å². The molecule has 102 valence electrons. The Morgan fingerprint density at radius 2 is 2.00 bits per heavy atom. The summed E-state index contributed by atoms with van der Waals surface area (Å²) >= 11 is 6.11. The predicted molar refractivity (Wildman–Crippen MR) is 75.3 cm³/mol. The molecule has 0 amide bonds. The van der Waals surface area contributed by atoms with E-state index in [0.717, 1.165) is 5.56 Å². The minimum absolute atomic E-state index is 0.0287. The van der Waals surface area contributed by atoms with Gasteiger partial charge in [0.25, 0.3) is 0 Å². The lowest BCUT2D eigenvalue weighted by Gasteiger charge is -2.23. The van der Waals surface area contributed by atoms with Crippen LogP contribution < -0.4 is 10.1 Å². The predicted octanol–water partition coefficient (Wildman–Crippen LogP) is 3.16. The average molecular weight is 272 g/mol. The van der Waals surface area contributed by atoms with Crippen LogP contribution in [-0.4, -0.2) is 23.8 Å². The zero-order valence-electron chi connectivity index (χ0n) is 11.4. The molecule has 2 unspecified atom stereocenters. The van der Waals surface area contributed by atoms with Crippen LogP contribution in [0.3, 0.4) is 0 Å². The number of benzene rings is 1. The molecule has 0 aromatic heterocycles. The fourth-order valence-corrected chi connectivity index (χ4v) is 2.12. The van der Waals surface area contributed by atoms with Crippen molar-refractivity contribution in [1.29, 1.82) is 0 Å². The molecule has 0 aliphatic carbocycles. The van der Waals surface area contributed by atoms with Gasteiger partial charge >= 0.3 is 0 Å². The van der Waals surface area contributed by atoms with Crippen molar-refractivity contribution in [3.05, 3.63) is 28.8 Å². The van der Waals surface area contributed by atoms with Gasteiger partial charge in [-0.1, -0.05) is 31.5 Å². The molecule has 0 bridgehead atoms. The van der Waals surface area contributed by atoms with E-state index in [4.69, 9.17) is 16.3 Å². The van der Waals surface area contributed by atoms with Crippen molar-refractivity contribution >= 4 is 11.6 Å². The molecule has 1 aromatic carbocycles. The van der Waals surface area contributed by atoms with Gasteiger partial charge in [-0.3, -0.25) is 0 Å². The van der Waals surface area contributed by atoms with Gasteiger partial charge in [0, 0.05) is 12.1 Å². The molecule has 1 rings (SSSR count). The summed E-state index contributed by atoms with van der Waals surface area (Å²) in [6.45, 7) is 8.54. The second kappa shape index (κ2) is 6.98. The van der Waals surface area contributed by atoms with Crippen LogP contribution in [-0.2, 0) is 0 Å². The van der Waals surface area contributed by atoms with Crippen LogP contribution in [0, 0.1) is 0 Å². The highest BCUT2D eigenvalue weighted by Gasteiger charge is 2.18. The second-order valence-corrected chi connectivity index (χ2v) is 5.08. The van der Waals surface area contributed by atoms with Crippen LogP contribution in [0.15, 0.2) is 18.2 Å². The first-order valence-electron chi connectivity index (χ1n) is 6.32. The van der Waals surface area contributed by atoms with Crippen LogP contribution >= 0.6 is 11.6 Å². The zero-order chi connectivity index (χ0) is 13.7. The molecule has 18 heavy (non-hydrogen) atoms. The molecule has 0 radical (unpaired) electrons. The van der Waals surface area contributed by atoms with E-state index in [0.29, 0.717) is 23.4 Å². The van der Waals surface area contributed by atoms with E-state index in [1.54, 1.807) is 12.1 Å². The van der Waals surface area contributed by atoms with Crippen LogP contribution in [0.2, 0.25) is 5.02 Å². The van der Waals surface area contributed by atoms with Crippen molar-refractivity contribution in [3.63, 3.8) is 0 Å². The average Bonchev–Trinajstić information content (AvgIpc) is 2.30. The van der Waals surface area contributed by atoms with Crippen LogP contribution in [0.5, 0.6) is 5.75 Å². The number of hydrogen-bond acceptors (Lipinski definition) is 3. The number of rotatable bonds is 6. The summed E-state index contributed by atoms with van der Waals surface area (Å²) in [5.74, 6) is 0.652. The van der Waals surface area contributed by atoms with Crippen molar-refractivity contribution < 1.29 is 9.84 Å². The Kier molecular flexibility index (Phi) is 5.93. The summed E-state index contributed by atoms with van der Waals surface area (Å²) in [4.78, 5) is 0. The second-order valence-electron chi connectivity index (χ2n) is 4.68. The Balaban J connectivity index is 2.80. The summed E-state index contributed by atoms with van der Waals surface area (Å²) in [5.41, 5.74) is 0.795. The Morgan fingerprint density at radius 1 is 1.33 bits per heavy atom. The molecule has 0 aliphatic rings. The van der Waals surface area contributed by atoms with Crippen molar-refractivity contribution in [2.75, 3.05) is 6.61 Å². The van der Waals surface area contributed by atoms with E-state index in [-0.39, 0.29) is 6.04 Å². The molecule has 0 spiro atoms. The molecule has 0 heterocycles. The van der Waals surface area contributed by atoms with Crippen molar-refractivity contribution in [2.24, 2.45) is 0 Å². The minimum Gasteiger partial charge on any atom is -0.492 e. The van der Waals surface area contributed by atoms with Crippen LogP contribution in [0.25, 0.3) is 0 Å². The van der Waals surface area contributed by atoms with Gasteiger partial charge in [-0.05, 0) is 31.5 Å². The monoisotopic (exact) mass is 271 g/mol. The first-order chi connectivity index (χ1) is 8.45.